The van der Waals surface area contributed by atoms with Crippen molar-refractivity contribution in [3.63, 3.8) is 0 Å². The first kappa shape index (κ1) is 17.5. The van der Waals surface area contributed by atoms with Crippen LogP contribution in [0.5, 0.6) is 5.75 Å². The van der Waals surface area contributed by atoms with Gasteiger partial charge in [0.15, 0.2) is 0 Å². The van der Waals surface area contributed by atoms with Crippen molar-refractivity contribution in [3.05, 3.63) is 29.3 Å². The second-order valence-corrected chi connectivity index (χ2v) is 10.1. The Morgan fingerprint density at radius 3 is 2.85 bits per heavy atom. The molecule has 2 heterocycles. The van der Waals surface area contributed by atoms with Crippen molar-refractivity contribution in [2.45, 2.75) is 70.8 Å². The summed E-state index contributed by atoms with van der Waals surface area (Å²) in [5.74, 6) is 0.612. The average Bonchev–Trinajstić information content (AvgIpc) is 2.64. The number of nitrogens with zero attached hydrogens (tertiary/aromatic N) is 1. The van der Waals surface area contributed by atoms with Crippen LogP contribution in [0.4, 0.5) is 0 Å². The first-order chi connectivity index (χ1) is 12.9. The Balaban J connectivity index is 1.41. The van der Waals surface area contributed by atoms with E-state index in [0.29, 0.717) is 10.8 Å². The molecule has 4 aliphatic rings. The third-order valence-electron chi connectivity index (χ3n) is 7.86. The molecule has 27 heavy (non-hydrogen) atoms. The van der Waals surface area contributed by atoms with Gasteiger partial charge in [-0.15, -0.1) is 0 Å². The lowest BCUT2D eigenvalue weighted by Gasteiger charge is -2.74. The zero-order valence-corrected chi connectivity index (χ0v) is 16.8. The zero-order valence-electron chi connectivity index (χ0n) is 16.8. The molecule has 5 rings (SSSR count). The molecule has 146 valence electrons. The quantitative estimate of drug-likeness (QED) is 0.595. The summed E-state index contributed by atoms with van der Waals surface area (Å²) in [6.07, 6.45) is 7.94. The molecular weight excluding hydrogens is 338 g/mol. The maximum atomic E-state index is 12.0. The Morgan fingerprint density at radius 1 is 1.22 bits per heavy atom. The summed E-state index contributed by atoms with van der Waals surface area (Å²) >= 11 is 0. The van der Waals surface area contributed by atoms with Crippen molar-refractivity contribution in [3.8, 4) is 5.75 Å². The Morgan fingerprint density at radius 2 is 2.04 bits per heavy atom. The topological polar surface area (TPSA) is 38.8 Å². The number of hydrogen-bond donors (Lipinski definition) is 0. The molecule has 4 heteroatoms. The molecule has 1 unspecified atom stereocenters. The van der Waals surface area contributed by atoms with Crippen molar-refractivity contribution in [1.82, 2.24) is 4.90 Å². The number of fused-ring (bicyclic) bond motifs is 3. The highest BCUT2D eigenvalue weighted by Gasteiger charge is 2.69. The first-order valence-corrected chi connectivity index (χ1v) is 10.5. The SMILES string of the molecule is CC(C)(C)C(=O)OCOc1ccc2c(c1)[C@]13CCCC[C@@]14CN(CC3)[C@H]4C2. The molecule has 4 nitrogen and oxygen atoms in total. The molecule has 0 aromatic heterocycles. The molecule has 2 bridgehead atoms. The third kappa shape index (κ3) is 2.35. The summed E-state index contributed by atoms with van der Waals surface area (Å²) in [7, 11) is 0. The van der Waals surface area contributed by atoms with Crippen molar-refractivity contribution in [2.24, 2.45) is 10.8 Å². The smallest absolute Gasteiger partial charge is 0.314 e. The van der Waals surface area contributed by atoms with E-state index in [9.17, 15) is 4.79 Å². The van der Waals surface area contributed by atoms with Gasteiger partial charge in [0, 0.05) is 23.4 Å². The number of benzene rings is 1. The van der Waals surface area contributed by atoms with Gasteiger partial charge in [-0.2, -0.15) is 0 Å². The van der Waals surface area contributed by atoms with Crippen LogP contribution in [0.2, 0.25) is 0 Å². The molecule has 2 aliphatic heterocycles. The number of carbonyl (C=O) groups excluding carboxylic acids is 1. The van der Waals surface area contributed by atoms with Crippen LogP contribution < -0.4 is 4.74 Å². The lowest BCUT2D eigenvalue weighted by Crippen LogP contribution is -2.79. The summed E-state index contributed by atoms with van der Waals surface area (Å²) in [6, 6.07) is 7.35. The molecule has 2 saturated heterocycles. The van der Waals surface area contributed by atoms with Crippen LogP contribution in [-0.4, -0.2) is 36.8 Å². The molecule has 0 amide bonds. The van der Waals surface area contributed by atoms with E-state index in [1.165, 1.54) is 62.7 Å². The minimum atomic E-state index is -0.500. The Labute approximate surface area is 162 Å². The van der Waals surface area contributed by atoms with E-state index >= 15 is 0 Å². The lowest BCUT2D eigenvalue weighted by atomic mass is 9.40. The maximum absolute atomic E-state index is 12.0. The van der Waals surface area contributed by atoms with E-state index in [1.54, 1.807) is 0 Å². The lowest BCUT2D eigenvalue weighted by molar-refractivity contribution is -0.198. The van der Waals surface area contributed by atoms with Gasteiger partial charge >= 0.3 is 5.97 Å². The van der Waals surface area contributed by atoms with E-state index in [0.717, 1.165) is 11.8 Å². The van der Waals surface area contributed by atoms with Gasteiger partial charge in [-0.25, -0.2) is 0 Å². The van der Waals surface area contributed by atoms with Crippen molar-refractivity contribution < 1.29 is 14.3 Å². The van der Waals surface area contributed by atoms with Gasteiger partial charge in [0.1, 0.15) is 5.75 Å². The Hall–Kier alpha value is -1.55. The van der Waals surface area contributed by atoms with Crippen molar-refractivity contribution in [1.29, 1.82) is 0 Å². The summed E-state index contributed by atoms with van der Waals surface area (Å²) in [4.78, 5) is 14.7. The predicted molar refractivity (Wildman–Crippen MR) is 104 cm³/mol. The standard InChI is InChI=1S/C23H31NO3/c1-21(2,3)20(25)27-15-26-17-7-6-16-12-19-23-9-5-4-8-22(23,18(16)13-17)10-11-24(19)14-23/h6-7,13,19H,4-5,8-12,14-15H2,1-3H3/t19-,22+,23-/m0/s1. The number of esters is 1. The predicted octanol–water partition coefficient (Wildman–Crippen LogP) is 4.05. The Bertz CT molecular complexity index is 774. The van der Waals surface area contributed by atoms with Gasteiger partial charge in [0.25, 0.3) is 0 Å². The van der Waals surface area contributed by atoms with Gasteiger partial charge in [0.05, 0.1) is 5.41 Å². The van der Waals surface area contributed by atoms with Crippen molar-refractivity contribution >= 4 is 5.97 Å². The maximum Gasteiger partial charge on any atom is 0.314 e. The van der Waals surface area contributed by atoms with Crippen LogP contribution in [0.25, 0.3) is 0 Å². The van der Waals surface area contributed by atoms with Crippen LogP contribution in [0.3, 0.4) is 0 Å². The number of hydrogen-bond acceptors (Lipinski definition) is 4. The average molecular weight is 370 g/mol. The van der Waals surface area contributed by atoms with Crippen LogP contribution in [0.1, 0.15) is 64.0 Å². The van der Waals surface area contributed by atoms with Gasteiger partial charge in [-0.3, -0.25) is 9.69 Å². The minimum Gasteiger partial charge on any atom is -0.457 e. The Kier molecular flexibility index (Phi) is 3.72. The highest BCUT2D eigenvalue weighted by atomic mass is 16.7. The molecule has 0 radical (unpaired) electrons. The molecule has 2 aliphatic carbocycles. The van der Waals surface area contributed by atoms with E-state index < -0.39 is 5.41 Å². The number of rotatable bonds is 3. The molecular formula is C23H31NO3. The van der Waals surface area contributed by atoms with Crippen LogP contribution in [0.15, 0.2) is 18.2 Å². The van der Waals surface area contributed by atoms with E-state index in [4.69, 9.17) is 9.47 Å². The first-order valence-electron chi connectivity index (χ1n) is 10.5. The second kappa shape index (κ2) is 5.73. The monoisotopic (exact) mass is 369 g/mol. The third-order valence-corrected chi connectivity index (χ3v) is 7.86. The zero-order chi connectivity index (χ0) is 18.9. The number of piperidine rings is 2. The fourth-order valence-corrected chi connectivity index (χ4v) is 6.54. The fraction of sp³-hybridized carbons (Fsp3) is 0.696. The summed E-state index contributed by atoms with van der Waals surface area (Å²) < 4.78 is 11.1. The summed E-state index contributed by atoms with van der Waals surface area (Å²) in [6.45, 7) is 8.11. The highest BCUT2D eigenvalue weighted by Crippen LogP contribution is 2.68. The van der Waals surface area contributed by atoms with Crippen molar-refractivity contribution in [2.75, 3.05) is 19.9 Å². The summed E-state index contributed by atoms with van der Waals surface area (Å²) in [5, 5.41) is 0. The molecule has 1 saturated carbocycles. The van der Waals surface area contributed by atoms with E-state index in [2.05, 4.69) is 23.1 Å². The summed E-state index contributed by atoms with van der Waals surface area (Å²) in [5.41, 5.74) is 3.41. The molecule has 1 aromatic rings. The van der Waals surface area contributed by atoms with E-state index in [1.807, 2.05) is 20.8 Å². The fourth-order valence-electron chi connectivity index (χ4n) is 6.54. The molecule has 1 spiro atoms. The minimum absolute atomic E-state index is 0.0105. The molecule has 4 atom stereocenters. The normalized spacial score (nSPS) is 36.1. The molecule has 0 N–H and O–H groups in total. The van der Waals surface area contributed by atoms with Gasteiger partial charge in [-0.1, -0.05) is 18.9 Å². The molecule has 3 fully saturated rings. The van der Waals surface area contributed by atoms with Gasteiger partial charge < -0.3 is 9.47 Å². The van der Waals surface area contributed by atoms with Crippen LogP contribution in [-0.2, 0) is 21.4 Å². The highest BCUT2D eigenvalue weighted by molar-refractivity contribution is 5.75. The van der Waals surface area contributed by atoms with Gasteiger partial charge in [0.2, 0.25) is 6.79 Å². The van der Waals surface area contributed by atoms with Crippen LogP contribution in [0, 0.1) is 10.8 Å². The molecule has 1 aromatic carbocycles. The number of ether oxygens (including phenoxy) is 2. The largest absolute Gasteiger partial charge is 0.457 e. The van der Waals surface area contributed by atoms with E-state index in [-0.39, 0.29) is 12.8 Å². The van der Waals surface area contributed by atoms with Crippen LogP contribution >= 0.6 is 0 Å². The second-order valence-electron chi connectivity index (χ2n) is 10.1. The van der Waals surface area contributed by atoms with Gasteiger partial charge in [-0.05, 0) is 76.3 Å². The number of carbonyl (C=O) groups is 1.